The van der Waals surface area contributed by atoms with Gasteiger partial charge in [0.05, 0.1) is 31.1 Å². The molecule has 1 aliphatic rings. The van der Waals surface area contributed by atoms with Gasteiger partial charge < -0.3 is 9.66 Å². The highest BCUT2D eigenvalue weighted by atomic mass is 32.2. The van der Waals surface area contributed by atoms with Crippen molar-refractivity contribution in [2.24, 2.45) is 0 Å². The van der Waals surface area contributed by atoms with Crippen molar-refractivity contribution in [3.05, 3.63) is 78.4 Å². The first kappa shape index (κ1) is 19.4. The first-order valence-electron chi connectivity index (χ1n) is 9.79. The smallest absolute Gasteiger partial charge is 0.181 e. The van der Waals surface area contributed by atoms with E-state index < -0.39 is 11.4 Å². The zero-order chi connectivity index (χ0) is 19.3. The molecule has 1 aliphatic heterocycles. The van der Waals surface area contributed by atoms with Crippen molar-refractivity contribution in [3.63, 3.8) is 0 Å². The number of nitrogens with zero attached hydrogens (tertiary/aromatic N) is 2. The largest absolute Gasteiger partial charge is 0.593 e. The molecule has 0 saturated carbocycles. The topological polar surface area (TPSA) is 49.8 Å². The molecule has 0 radical (unpaired) electrons. The molecule has 4 nitrogen and oxygen atoms in total. The lowest BCUT2D eigenvalue weighted by atomic mass is 10.0. The van der Waals surface area contributed by atoms with Gasteiger partial charge in [-0.05, 0) is 29.5 Å². The summed E-state index contributed by atoms with van der Waals surface area (Å²) >= 11 is -1.17. The molecule has 1 heterocycles. The van der Waals surface area contributed by atoms with Gasteiger partial charge >= 0.3 is 0 Å². The van der Waals surface area contributed by atoms with Crippen LogP contribution in [0.1, 0.15) is 5.56 Å². The molecule has 4 rings (SSSR count). The van der Waals surface area contributed by atoms with Crippen LogP contribution in [0, 0.1) is 0 Å². The lowest BCUT2D eigenvalue weighted by Crippen LogP contribution is -2.53. The Morgan fingerprint density at radius 2 is 1.54 bits per heavy atom. The summed E-state index contributed by atoms with van der Waals surface area (Å²) < 4.78 is 15.3. The number of hydrogen-bond donors (Lipinski definition) is 1. The molecule has 28 heavy (non-hydrogen) atoms. The molecule has 146 valence electrons. The normalized spacial score (nSPS) is 18.2. The zero-order valence-electron chi connectivity index (χ0n) is 15.9. The third-order valence-corrected chi connectivity index (χ3v) is 7.05. The van der Waals surface area contributed by atoms with Gasteiger partial charge in [-0.2, -0.15) is 0 Å². The van der Waals surface area contributed by atoms with Gasteiger partial charge in [0.1, 0.15) is 0 Å². The molecule has 0 bridgehead atoms. The van der Waals surface area contributed by atoms with Gasteiger partial charge in [-0.1, -0.05) is 60.7 Å². The minimum absolute atomic E-state index is 0.107. The van der Waals surface area contributed by atoms with E-state index in [-0.39, 0.29) is 12.6 Å². The van der Waals surface area contributed by atoms with E-state index in [4.69, 9.17) is 0 Å². The molecule has 1 N–H and O–H groups in total. The molecule has 0 amide bonds. The Morgan fingerprint density at radius 3 is 2.29 bits per heavy atom. The predicted molar refractivity (Wildman–Crippen MR) is 115 cm³/mol. The average Bonchev–Trinajstić information content (AvgIpc) is 2.77. The second kappa shape index (κ2) is 9.07. The Morgan fingerprint density at radius 1 is 0.857 bits per heavy atom. The molecule has 1 saturated heterocycles. The lowest BCUT2D eigenvalue weighted by Gasteiger charge is -2.38. The molecular weight excluding hydrogens is 368 g/mol. The van der Waals surface area contributed by atoms with Crippen molar-refractivity contribution in [1.82, 2.24) is 9.21 Å². The molecule has 1 fully saturated rings. The van der Waals surface area contributed by atoms with E-state index in [1.165, 1.54) is 5.56 Å². The molecule has 5 heteroatoms. The number of aliphatic hydroxyl groups is 1. The third-order valence-electron chi connectivity index (χ3n) is 5.49. The summed E-state index contributed by atoms with van der Waals surface area (Å²) in [6.07, 6.45) is 0.837. The number of rotatable bonds is 6. The van der Waals surface area contributed by atoms with E-state index in [1.807, 2.05) is 48.5 Å². The molecule has 0 aliphatic carbocycles. The van der Waals surface area contributed by atoms with Crippen LogP contribution in [0.3, 0.4) is 0 Å². The quantitative estimate of drug-likeness (QED) is 0.653. The highest BCUT2D eigenvalue weighted by molar-refractivity contribution is 7.89. The fraction of sp³-hybridized carbons (Fsp3) is 0.304. The minimum Gasteiger partial charge on any atom is -0.593 e. The Balaban J connectivity index is 1.41. The predicted octanol–water partition coefficient (Wildman–Crippen LogP) is 3.08. The molecule has 0 aromatic heterocycles. The van der Waals surface area contributed by atoms with Gasteiger partial charge in [0.25, 0.3) is 0 Å². The summed E-state index contributed by atoms with van der Waals surface area (Å²) in [4.78, 5) is 3.21. The van der Waals surface area contributed by atoms with Crippen LogP contribution in [0.15, 0.2) is 77.7 Å². The highest BCUT2D eigenvalue weighted by Crippen LogP contribution is 2.26. The Labute approximate surface area is 169 Å². The lowest BCUT2D eigenvalue weighted by molar-refractivity contribution is 0.0903. The SMILES string of the molecule is [O-][S+](c1cccc2ccccc12)N1CCN([C@@H](CO)Cc2ccccc2)CC1. The monoisotopic (exact) mass is 394 g/mol. The van der Waals surface area contributed by atoms with Gasteiger partial charge in [0, 0.05) is 24.5 Å². The standard InChI is InChI=1S/C23H26N2O2S/c26-18-21(17-19-7-2-1-3-8-19)24-13-15-25(16-14-24)28(27)23-12-6-10-20-9-4-5-11-22(20)23/h1-12,21,26H,13-18H2/t21-,28?/m1/s1. The van der Waals surface area contributed by atoms with Crippen molar-refractivity contribution < 1.29 is 9.66 Å². The Hall–Kier alpha value is -1.89. The van der Waals surface area contributed by atoms with Crippen LogP contribution in [-0.2, 0) is 17.8 Å². The molecule has 2 atom stereocenters. The van der Waals surface area contributed by atoms with Gasteiger partial charge in [-0.25, -0.2) is 0 Å². The van der Waals surface area contributed by atoms with Crippen molar-refractivity contribution >= 4 is 22.1 Å². The van der Waals surface area contributed by atoms with Gasteiger partial charge in [0.2, 0.25) is 0 Å². The van der Waals surface area contributed by atoms with Crippen LogP contribution < -0.4 is 0 Å². The van der Waals surface area contributed by atoms with Gasteiger partial charge in [-0.3, -0.25) is 4.90 Å². The van der Waals surface area contributed by atoms with Crippen LogP contribution >= 0.6 is 0 Å². The minimum atomic E-state index is -1.17. The van der Waals surface area contributed by atoms with E-state index in [0.717, 1.165) is 48.3 Å². The third kappa shape index (κ3) is 4.24. The Bertz CT molecular complexity index is 892. The zero-order valence-corrected chi connectivity index (χ0v) is 16.7. The summed E-state index contributed by atoms with van der Waals surface area (Å²) in [5.74, 6) is 0. The maximum Gasteiger partial charge on any atom is 0.181 e. The number of piperazine rings is 1. The highest BCUT2D eigenvalue weighted by Gasteiger charge is 2.31. The van der Waals surface area contributed by atoms with Gasteiger partial charge in [-0.15, -0.1) is 4.31 Å². The first-order chi connectivity index (χ1) is 13.8. The fourth-order valence-electron chi connectivity index (χ4n) is 3.92. The average molecular weight is 395 g/mol. The molecule has 3 aromatic rings. The van der Waals surface area contributed by atoms with E-state index in [9.17, 15) is 9.66 Å². The summed E-state index contributed by atoms with van der Waals surface area (Å²) in [5.41, 5.74) is 1.24. The van der Waals surface area contributed by atoms with Crippen LogP contribution in [0.2, 0.25) is 0 Å². The molecular formula is C23H26N2O2S. The number of hydrogen-bond acceptors (Lipinski definition) is 4. The van der Waals surface area contributed by atoms with Crippen molar-refractivity contribution in [2.75, 3.05) is 32.8 Å². The fourth-order valence-corrected chi connectivity index (χ4v) is 5.26. The second-order valence-corrected chi connectivity index (χ2v) is 8.67. The summed E-state index contributed by atoms with van der Waals surface area (Å²) in [6, 6.07) is 24.5. The second-order valence-electron chi connectivity index (χ2n) is 7.22. The van der Waals surface area contributed by atoms with Crippen molar-refractivity contribution in [2.45, 2.75) is 17.4 Å². The van der Waals surface area contributed by atoms with E-state index in [0.29, 0.717) is 0 Å². The van der Waals surface area contributed by atoms with E-state index in [2.05, 4.69) is 33.5 Å². The van der Waals surface area contributed by atoms with Crippen LogP contribution in [0.25, 0.3) is 10.8 Å². The molecule has 0 spiro atoms. The summed E-state index contributed by atoms with van der Waals surface area (Å²) in [6.45, 7) is 3.24. The van der Waals surface area contributed by atoms with Crippen molar-refractivity contribution in [3.8, 4) is 0 Å². The van der Waals surface area contributed by atoms with Crippen LogP contribution in [-0.4, -0.2) is 57.7 Å². The maximum absolute atomic E-state index is 13.2. The number of fused-ring (bicyclic) bond motifs is 1. The first-order valence-corrected chi connectivity index (χ1v) is 10.9. The molecule has 3 aromatic carbocycles. The van der Waals surface area contributed by atoms with E-state index >= 15 is 0 Å². The number of aliphatic hydroxyl groups excluding tert-OH is 1. The van der Waals surface area contributed by atoms with E-state index in [1.54, 1.807) is 0 Å². The molecule has 1 unspecified atom stereocenters. The van der Waals surface area contributed by atoms with Crippen LogP contribution in [0.4, 0.5) is 0 Å². The Kier molecular flexibility index (Phi) is 6.29. The summed E-state index contributed by atoms with van der Waals surface area (Å²) in [5, 5.41) is 12.1. The summed E-state index contributed by atoms with van der Waals surface area (Å²) in [7, 11) is 0. The number of benzene rings is 3. The van der Waals surface area contributed by atoms with Gasteiger partial charge in [0.15, 0.2) is 4.90 Å². The van der Waals surface area contributed by atoms with Crippen LogP contribution in [0.5, 0.6) is 0 Å². The maximum atomic E-state index is 13.2. The van der Waals surface area contributed by atoms with Crippen molar-refractivity contribution in [1.29, 1.82) is 0 Å².